The zero-order chi connectivity index (χ0) is 15.2. The van der Waals surface area contributed by atoms with Gasteiger partial charge in [-0.3, -0.25) is 4.79 Å². The molecule has 6 nitrogen and oxygen atoms in total. The molecule has 110 valence electrons. The minimum Gasteiger partial charge on any atom is -0.388 e. The molecule has 0 bridgehead atoms. The van der Waals surface area contributed by atoms with Crippen LogP contribution in [0.5, 0.6) is 0 Å². The van der Waals surface area contributed by atoms with E-state index in [1.165, 1.54) is 12.4 Å². The van der Waals surface area contributed by atoms with E-state index in [9.17, 15) is 9.90 Å². The Kier molecular flexibility index (Phi) is 4.84. The van der Waals surface area contributed by atoms with Crippen molar-refractivity contribution >= 4 is 11.7 Å². The predicted octanol–water partition coefficient (Wildman–Crippen LogP) is 1.30. The molecule has 21 heavy (non-hydrogen) atoms. The van der Waals surface area contributed by atoms with Crippen molar-refractivity contribution in [2.75, 3.05) is 5.73 Å². The smallest absolute Gasteiger partial charge is 0.273 e. The molecule has 0 aliphatic heterocycles. The maximum absolute atomic E-state index is 12.0. The molecule has 0 spiro atoms. The average Bonchev–Trinajstić information content (AvgIpc) is 2.48. The number of aliphatic hydroxyl groups excluding tert-OH is 1. The Morgan fingerprint density at radius 1 is 1.29 bits per heavy atom. The number of aromatic nitrogens is 2. The minimum atomic E-state index is -0.638. The Bertz CT molecular complexity index is 604. The SMILES string of the molecule is CC(CC(O)c1ccccc1)NC(=O)c1nccnc1N. The normalized spacial score (nSPS) is 13.4. The van der Waals surface area contributed by atoms with Gasteiger partial charge >= 0.3 is 0 Å². The van der Waals surface area contributed by atoms with E-state index in [-0.39, 0.29) is 17.6 Å². The largest absolute Gasteiger partial charge is 0.388 e. The number of nitrogens with zero attached hydrogens (tertiary/aromatic N) is 2. The number of amides is 1. The van der Waals surface area contributed by atoms with Crippen molar-refractivity contribution in [2.24, 2.45) is 0 Å². The second kappa shape index (κ2) is 6.81. The van der Waals surface area contributed by atoms with Crippen LogP contribution in [0.15, 0.2) is 42.7 Å². The molecule has 0 fully saturated rings. The van der Waals surface area contributed by atoms with Crippen LogP contribution in [-0.2, 0) is 0 Å². The number of rotatable bonds is 5. The molecule has 4 N–H and O–H groups in total. The first-order valence-electron chi connectivity index (χ1n) is 6.68. The first-order valence-corrected chi connectivity index (χ1v) is 6.68. The summed E-state index contributed by atoms with van der Waals surface area (Å²) in [5.41, 5.74) is 6.52. The molecular formula is C15H18N4O2. The van der Waals surface area contributed by atoms with E-state index in [1.807, 2.05) is 37.3 Å². The zero-order valence-electron chi connectivity index (χ0n) is 11.7. The van der Waals surface area contributed by atoms with Gasteiger partial charge in [0, 0.05) is 18.4 Å². The summed E-state index contributed by atoms with van der Waals surface area (Å²) in [4.78, 5) is 19.7. The molecule has 2 aromatic rings. The van der Waals surface area contributed by atoms with Crippen LogP contribution < -0.4 is 11.1 Å². The monoisotopic (exact) mass is 286 g/mol. The van der Waals surface area contributed by atoms with Gasteiger partial charge in [0.05, 0.1) is 6.10 Å². The summed E-state index contributed by atoms with van der Waals surface area (Å²) in [5, 5.41) is 12.9. The van der Waals surface area contributed by atoms with Gasteiger partial charge in [-0.2, -0.15) is 0 Å². The molecule has 2 atom stereocenters. The maximum atomic E-state index is 12.0. The van der Waals surface area contributed by atoms with Gasteiger partial charge in [0.2, 0.25) is 0 Å². The van der Waals surface area contributed by atoms with Crippen LogP contribution in [0, 0.1) is 0 Å². The van der Waals surface area contributed by atoms with Gasteiger partial charge in [-0.05, 0) is 18.9 Å². The lowest BCUT2D eigenvalue weighted by Crippen LogP contribution is -2.34. The van der Waals surface area contributed by atoms with Gasteiger partial charge < -0.3 is 16.2 Å². The van der Waals surface area contributed by atoms with Gasteiger partial charge in [-0.1, -0.05) is 30.3 Å². The summed E-state index contributed by atoms with van der Waals surface area (Å²) in [6.45, 7) is 1.82. The average molecular weight is 286 g/mol. The Morgan fingerprint density at radius 3 is 2.62 bits per heavy atom. The Morgan fingerprint density at radius 2 is 1.95 bits per heavy atom. The summed E-state index contributed by atoms with van der Waals surface area (Å²) in [5.74, 6) is -0.306. The van der Waals surface area contributed by atoms with E-state index in [4.69, 9.17) is 5.73 Å². The molecule has 0 saturated heterocycles. The quantitative estimate of drug-likeness (QED) is 0.769. The molecule has 0 saturated carbocycles. The van der Waals surface area contributed by atoms with Gasteiger partial charge in [0.15, 0.2) is 11.5 Å². The summed E-state index contributed by atoms with van der Waals surface area (Å²) < 4.78 is 0. The van der Waals surface area contributed by atoms with Gasteiger partial charge in [0.1, 0.15) is 0 Å². The number of hydrogen-bond donors (Lipinski definition) is 3. The number of carbonyl (C=O) groups excluding carboxylic acids is 1. The molecule has 1 aromatic carbocycles. The molecule has 2 unspecified atom stereocenters. The highest BCUT2D eigenvalue weighted by molar-refractivity contribution is 5.96. The van der Waals surface area contributed by atoms with E-state index < -0.39 is 12.0 Å². The van der Waals surface area contributed by atoms with Crippen molar-refractivity contribution in [1.29, 1.82) is 0 Å². The van der Waals surface area contributed by atoms with Crippen LogP contribution in [0.4, 0.5) is 5.82 Å². The number of benzene rings is 1. The third kappa shape index (κ3) is 4.00. The van der Waals surface area contributed by atoms with Crippen LogP contribution in [0.1, 0.15) is 35.5 Å². The highest BCUT2D eigenvalue weighted by Gasteiger charge is 2.17. The second-order valence-electron chi connectivity index (χ2n) is 4.83. The molecule has 1 heterocycles. The van der Waals surface area contributed by atoms with Crippen LogP contribution in [-0.4, -0.2) is 27.0 Å². The van der Waals surface area contributed by atoms with Gasteiger partial charge in [-0.15, -0.1) is 0 Å². The van der Waals surface area contributed by atoms with E-state index in [0.717, 1.165) is 5.56 Å². The van der Waals surface area contributed by atoms with E-state index in [0.29, 0.717) is 6.42 Å². The van der Waals surface area contributed by atoms with Crippen LogP contribution >= 0.6 is 0 Å². The first-order chi connectivity index (χ1) is 10.1. The number of aliphatic hydroxyl groups is 1. The number of anilines is 1. The summed E-state index contributed by atoms with van der Waals surface area (Å²) in [6.07, 6.45) is 2.60. The second-order valence-corrected chi connectivity index (χ2v) is 4.83. The van der Waals surface area contributed by atoms with Crippen molar-refractivity contribution in [2.45, 2.75) is 25.5 Å². The maximum Gasteiger partial charge on any atom is 0.273 e. The fraction of sp³-hybridized carbons (Fsp3) is 0.267. The third-order valence-corrected chi connectivity index (χ3v) is 3.08. The molecule has 1 aromatic heterocycles. The summed E-state index contributed by atoms with van der Waals surface area (Å²) in [7, 11) is 0. The Balaban J connectivity index is 1.94. The molecular weight excluding hydrogens is 268 g/mol. The van der Waals surface area contributed by atoms with Crippen molar-refractivity contribution in [3.8, 4) is 0 Å². The fourth-order valence-corrected chi connectivity index (χ4v) is 2.02. The van der Waals surface area contributed by atoms with E-state index in [1.54, 1.807) is 0 Å². The number of hydrogen-bond acceptors (Lipinski definition) is 5. The highest BCUT2D eigenvalue weighted by Crippen LogP contribution is 2.18. The number of nitrogens with one attached hydrogen (secondary N) is 1. The number of nitrogen functional groups attached to an aromatic ring is 1. The Labute approximate surface area is 123 Å². The van der Waals surface area contributed by atoms with Crippen molar-refractivity contribution in [3.63, 3.8) is 0 Å². The molecule has 0 aliphatic carbocycles. The molecule has 6 heteroatoms. The van der Waals surface area contributed by atoms with Crippen LogP contribution in [0.2, 0.25) is 0 Å². The standard InChI is InChI=1S/C15H18N4O2/c1-10(9-12(20)11-5-3-2-4-6-11)19-15(21)13-14(16)18-8-7-17-13/h2-8,10,12,20H,9H2,1H3,(H2,16,18)(H,19,21). The van der Waals surface area contributed by atoms with Crippen LogP contribution in [0.3, 0.4) is 0 Å². The van der Waals surface area contributed by atoms with Crippen molar-refractivity contribution in [3.05, 3.63) is 54.0 Å². The van der Waals surface area contributed by atoms with Crippen molar-refractivity contribution in [1.82, 2.24) is 15.3 Å². The summed E-state index contributed by atoms with van der Waals surface area (Å²) in [6, 6.07) is 9.08. The van der Waals surface area contributed by atoms with Gasteiger partial charge in [0.25, 0.3) is 5.91 Å². The van der Waals surface area contributed by atoms with E-state index >= 15 is 0 Å². The fourth-order valence-electron chi connectivity index (χ4n) is 2.02. The Hall–Kier alpha value is -2.47. The molecule has 0 aliphatic rings. The third-order valence-electron chi connectivity index (χ3n) is 3.08. The molecule has 1 amide bonds. The lowest BCUT2D eigenvalue weighted by atomic mass is 10.0. The predicted molar refractivity (Wildman–Crippen MR) is 79.4 cm³/mol. The molecule has 2 rings (SSSR count). The van der Waals surface area contributed by atoms with Crippen molar-refractivity contribution < 1.29 is 9.90 Å². The summed E-state index contributed by atoms with van der Waals surface area (Å²) >= 11 is 0. The molecule has 0 radical (unpaired) electrons. The highest BCUT2D eigenvalue weighted by atomic mass is 16.3. The first kappa shape index (κ1) is 14.9. The number of carbonyl (C=O) groups is 1. The van der Waals surface area contributed by atoms with Crippen LogP contribution in [0.25, 0.3) is 0 Å². The lowest BCUT2D eigenvalue weighted by molar-refractivity contribution is 0.0912. The van der Waals surface area contributed by atoms with Gasteiger partial charge in [-0.25, -0.2) is 9.97 Å². The lowest BCUT2D eigenvalue weighted by Gasteiger charge is -2.18. The topological polar surface area (TPSA) is 101 Å². The van der Waals surface area contributed by atoms with E-state index in [2.05, 4.69) is 15.3 Å². The minimum absolute atomic E-state index is 0.0887. The zero-order valence-corrected chi connectivity index (χ0v) is 11.7. The number of nitrogens with two attached hydrogens (primary N) is 1.